The number of piperazine rings is 1. The zero-order valence-corrected chi connectivity index (χ0v) is 14.3. The van der Waals surface area contributed by atoms with E-state index in [0.29, 0.717) is 30.8 Å². The Bertz CT molecular complexity index is 691. The molecule has 0 bridgehead atoms. The molecule has 0 saturated carbocycles. The van der Waals surface area contributed by atoms with Gasteiger partial charge in [-0.3, -0.25) is 19.2 Å². The number of carbonyl (C=O) groups is 4. The molecule has 1 heterocycles. The molecule has 140 valence electrons. The fraction of sp³-hybridized carbons (Fsp3) is 0.412. The Morgan fingerprint density at radius 1 is 1.27 bits per heavy atom. The smallest absolute Gasteiger partial charge is 0.303 e. The minimum absolute atomic E-state index is 0.0128. The lowest BCUT2D eigenvalue weighted by Gasteiger charge is -2.26. The molecule has 1 aromatic rings. The van der Waals surface area contributed by atoms with Crippen molar-refractivity contribution in [2.45, 2.75) is 12.8 Å². The Hall–Kier alpha value is -2.94. The average molecular weight is 362 g/mol. The fourth-order valence-corrected chi connectivity index (χ4v) is 2.47. The van der Waals surface area contributed by atoms with Crippen molar-refractivity contribution in [2.24, 2.45) is 0 Å². The number of carboxylic acids is 1. The first-order valence-corrected chi connectivity index (χ1v) is 8.34. The predicted molar refractivity (Wildman–Crippen MR) is 93.7 cm³/mol. The quantitative estimate of drug-likeness (QED) is 0.468. The highest BCUT2D eigenvalue weighted by Crippen LogP contribution is 2.11. The van der Waals surface area contributed by atoms with Crippen molar-refractivity contribution in [3.63, 3.8) is 0 Å². The van der Waals surface area contributed by atoms with Gasteiger partial charge in [0.15, 0.2) is 0 Å². The standard InChI is InChI=1S/C17H22N4O5/c22-14(11-21-8-7-18-10-15(21)23)20-13-4-1-3-12(9-13)17(26)19-6-2-5-16(24)25/h1,3-4,9,18H,2,5-8,10-11H2,(H,19,26)(H,20,22)(H,24,25). The Kier molecular flexibility index (Phi) is 7.10. The van der Waals surface area contributed by atoms with Crippen LogP contribution in [0.15, 0.2) is 24.3 Å². The maximum absolute atomic E-state index is 12.1. The number of hydrogen-bond acceptors (Lipinski definition) is 5. The summed E-state index contributed by atoms with van der Waals surface area (Å²) in [5.74, 6) is -1.71. The molecule has 0 spiro atoms. The predicted octanol–water partition coefficient (Wildman–Crippen LogP) is -0.348. The minimum Gasteiger partial charge on any atom is -0.481 e. The molecular formula is C17H22N4O5. The van der Waals surface area contributed by atoms with Crippen molar-refractivity contribution >= 4 is 29.4 Å². The summed E-state index contributed by atoms with van der Waals surface area (Å²) >= 11 is 0. The second-order valence-corrected chi connectivity index (χ2v) is 5.87. The van der Waals surface area contributed by atoms with Crippen LogP contribution >= 0.6 is 0 Å². The van der Waals surface area contributed by atoms with Crippen molar-refractivity contribution in [1.82, 2.24) is 15.5 Å². The van der Waals surface area contributed by atoms with E-state index in [-0.39, 0.29) is 43.8 Å². The van der Waals surface area contributed by atoms with Crippen LogP contribution in [0.3, 0.4) is 0 Å². The summed E-state index contributed by atoms with van der Waals surface area (Å²) in [6, 6.07) is 6.42. The first-order valence-electron chi connectivity index (χ1n) is 8.34. The molecule has 4 N–H and O–H groups in total. The van der Waals surface area contributed by atoms with Gasteiger partial charge in [-0.15, -0.1) is 0 Å². The summed E-state index contributed by atoms with van der Waals surface area (Å²) in [6.45, 7) is 1.57. The average Bonchev–Trinajstić information content (AvgIpc) is 2.60. The molecule has 1 fully saturated rings. The molecule has 9 heteroatoms. The molecule has 1 aromatic carbocycles. The van der Waals surface area contributed by atoms with E-state index in [9.17, 15) is 19.2 Å². The SMILES string of the molecule is O=C(O)CCCNC(=O)c1cccc(NC(=O)CN2CCNCC2=O)c1. The monoisotopic (exact) mass is 362 g/mol. The first-order chi connectivity index (χ1) is 12.5. The number of nitrogens with one attached hydrogen (secondary N) is 3. The number of amides is 3. The van der Waals surface area contributed by atoms with Crippen LogP contribution in [0.1, 0.15) is 23.2 Å². The van der Waals surface area contributed by atoms with Gasteiger partial charge in [0.05, 0.1) is 13.1 Å². The van der Waals surface area contributed by atoms with Crippen molar-refractivity contribution in [2.75, 3.05) is 38.0 Å². The molecule has 1 saturated heterocycles. The van der Waals surface area contributed by atoms with Gasteiger partial charge in [0.2, 0.25) is 11.8 Å². The van der Waals surface area contributed by atoms with Crippen LogP contribution in [0.25, 0.3) is 0 Å². The maximum Gasteiger partial charge on any atom is 0.303 e. The third-order valence-electron chi connectivity index (χ3n) is 3.78. The van der Waals surface area contributed by atoms with E-state index in [0.717, 1.165) is 0 Å². The van der Waals surface area contributed by atoms with Crippen LogP contribution in [0.5, 0.6) is 0 Å². The highest BCUT2D eigenvalue weighted by Gasteiger charge is 2.20. The minimum atomic E-state index is -0.910. The number of anilines is 1. The van der Waals surface area contributed by atoms with Crippen LogP contribution in [0.2, 0.25) is 0 Å². The van der Waals surface area contributed by atoms with Crippen molar-refractivity contribution in [1.29, 1.82) is 0 Å². The summed E-state index contributed by atoms with van der Waals surface area (Å²) < 4.78 is 0. The molecule has 26 heavy (non-hydrogen) atoms. The van der Waals surface area contributed by atoms with Gasteiger partial charge in [0.25, 0.3) is 5.91 Å². The molecule has 1 aliphatic rings. The lowest BCUT2D eigenvalue weighted by molar-refractivity contribution is -0.137. The van der Waals surface area contributed by atoms with Crippen LogP contribution in [0, 0.1) is 0 Å². The van der Waals surface area contributed by atoms with E-state index in [2.05, 4.69) is 16.0 Å². The van der Waals surface area contributed by atoms with Gasteiger partial charge in [0.1, 0.15) is 0 Å². The van der Waals surface area contributed by atoms with E-state index in [1.807, 2.05) is 0 Å². The molecule has 0 unspecified atom stereocenters. The lowest BCUT2D eigenvalue weighted by atomic mass is 10.2. The van der Waals surface area contributed by atoms with Gasteiger partial charge in [-0.05, 0) is 24.6 Å². The first kappa shape index (κ1) is 19.4. The molecule has 0 aromatic heterocycles. The van der Waals surface area contributed by atoms with Gasteiger partial charge in [0, 0.05) is 37.3 Å². The van der Waals surface area contributed by atoms with Gasteiger partial charge in [-0.25, -0.2) is 0 Å². The molecule has 3 amide bonds. The number of aliphatic carboxylic acids is 1. The van der Waals surface area contributed by atoms with E-state index in [1.165, 1.54) is 11.0 Å². The number of benzene rings is 1. The summed E-state index contributed by atoms with van der Waals surface area (Å²) in [6.07, 6.45) is 0.331. The van der Waals surface area contributed by atoms with Crippen molar-refractivity contribution < 1.29 is 24.3 Å². The van der Waals surface area contributed by atoms with Gasteiger partial charge >= 0.3 is 5.97 Å². The molecule has 0 radical (unpaired) electrons. The Balaban J connectivity index is 1.85. The Labute approximate surface area is 150 Å². The second kappa shape index (κ2) is 9.52. The number of nitrogens with zero attached hydrogens (tertiary/aromatic N) is 1. The third-order valence-corrected chi connectivity index (χ3v) is 3.78. The van der Waals surface area contributed by atoms with Gasteiger partial charge in [-0.2, -0.15) is 0 Å². The Morgan fingerprint density at radius 3 is 2.81 bits per heavy atom. The topological polar surface area (TPSA) is 128 Å². The van der Waals surface area contributed by atoms with E-state index >= 15 is 0 Å². The second-order valence-electron chi connectivity index (χ2n) is 5.87. The van der Waals surface area contributed by atoms with E-state index in [1.54, 1.807) is 18.2 Å². The van der Waals surface area contributed by atoms with Crippen LogP contribution in [-0.2, 0) is 14.4 Å². The van der Waals surface area contributed by atoms with Crippen LogP contribution in [0.4, 0.5) is 5.69 Å². The number of carbonyl (C=O) groups excluding carboxylic acids is 3. The largest absolute Gasteiger partial charge is 0.481 e. The normalized spacial score (nSPS) is 14.0. The summed E-state index contributed by atoms with van der Waals surface area (Å²) in [7, 11) is 0. The van der Waals surface area contributed by atoms with Gasteiger partial charge < -0.3 is 26.0 Å². The van der Waals surface area contributed by atoms with Crippen molar-refractivity contribution in [3.05, 3.63) is 29.8 Å². The zero-order chi connectivity index (χ0) is 18.9. The summed E-state index contributed by atoms with van der Waals surface area (Å²) in [5.41, 5.74) is 0.812. The molecule has 9 nitrogen and oxygen atoms in total. The highest BCUT2D eigenvalue weighted by molar-refractivity contribution is 5.98. The van der Waals surface area contributed by atoms with Crippen molar-refractivity contribution in [3.8, 4) is 0 Å². The summed E-state index contributed by atoms with van der Waals surface area (Å²) in [5, 5.41) is 16.8. The van der Waals surface area contributed by atoms with E-state index in [4.69, 9.17) is 5.11 Å². The zero-order valence-electron chi connectivity index (χ0n) is 14.3. The molecule has 0 aliphatic carbocycles. The number of hydrogen-bond donors (Lipinski definition) is 4. The molecule has 1 aliphatic heterocycles. The van der Waals surface area contributed by atoms with Crippen LogP contribution in [-0.4, -0.2) is 66.4 Å². The van der Waals surface area contributed by atoms with E-state index < -0.39 is 5.97 Å². The number of carboxylic acid groups (broad SMARTS) is 1. The molecular weight excluding hydrogens is 340 g/mol. The third kappa shape index (κ3) is 6.17. The number of rotatable bonds is 8. The highest BCUT2D eigenvalue weighted by atomic mass is 16.4. The lowest BCUT2D eigenvalue weighted by Crippen LogP contribution is -2.50. The fourth-order valence-electron chi connectivity index (χ4n) is 2.47. The molecule has 0 atom stereocenters. The van der Waals surface area contributed by atoms with Crippen LogP contribution < -0.4 is 16.0 Å². The maximum atomic E-state index is 12.1. The van der Waals surface area contributed by atoms with Gasteiger partial charge in [-0.1, -0.05) is 6.07 Å². The summed E-state index contributed by atoms with van der Waals surface area (Å²) in [4.78, 5) is 47.8. The molecule has 2 rings (SSSR count). The Morgan fingerprint density at radius 2 is 2.08 bits per heavy atom.